The van der Waals surface area contributed by atoms with Gasteiger partial charge in [-0.3, -0.25) is 4.79 Å². The average molecular weight is 248 g/mol. The number of nitrogens with zero attached hydrogens (tertiary/aromatic N) is 1. The second-order valence-electron chi connectivity index (χ2n) is 4.14. The van der Waals surface area contributed by atoms with Crippen molar-refractivity contribution in [3.63, 3.8) is 0 Å². The van der Waals surface area contributed by atoms with E-state index in [2.05, 4.69) is 10.6 Å². The molecule has 1 fully saturated rings. The Morgan fingerprint density at radius 2 is 2.22 bits per heavy atom. The number of anilines is 2. The lowest BCUT2D eigenvalue weighted by Gasteiger charge is -2.20. The van der Waals surface area contributed by atoms with Crippen molar-refractivity contribution in [3.8, 4) is 0 Å². The molecule has 0 unspecified atom stereocenters. The Morgan fingerprint density at radius 1 is 1.39 bits per heavy atom. The summed E-state index contributed by atoms with van der Waals surface area (Å²) < 4.78 is 0. The van der Waals surface area contributed by atoms with Crippen LogP contribution in [0.3, 0.4) is 0 Å². The number of hydrogen-bond acceptors (Lipinski definition) is 3. The van der Waals surface area contributed by atoms with Gasteiger partial charge in [-0.1, -0.05) is 6.07 Å². The minimum Gasteiger partial charge on any atom is -0.399 e. The minimum atomic E-state index is -0.211. The molecule has 1 saturated heterocycles. The highest BCUT2D eigenvalue weighted by Gasteiger charge is 2.18. The Labute approximate surface area is 105 Å². The summed E-state index contributed by atoms with van der Waals surface area (Å²) in [6.07, 6.45) is 0.338. The van der Waals surface area contributed by atoms with Gasteiger partial charge in [-0.25, -0.2) is 4.79 Å². The monoisotopic (exact) mass is 248 g/mol. The number of benzene rings is 1. The van der Waals surface area contributed by atoms with Crippen LogP contribution in [0.25, 0.3) is 0 Å². The van der Waals surface area contributed by atoms with E-state index in [1.54, 1.807) is 29.2 Å². The molecule has 3 amide bonds. The normalized spacial score (nSPS) is 15.8. The minimum absolute atomic E-state index is 0.0192. The number of hydrogen-bond donors (Lipinski definition) is 3. The summed E-state index contributed by atoms with van der Waals surface area (Å²) in [6.45, 7) is 1.43. The van der Waals surface area contributed by atoms with Crippen LogP contribution in [0.2, 0.25) is 0 Å². The lowest BCUT2D eigenvalue weighted by atomic mass is 10.3. The summed E-state index contributed by atoms with van der Waals surface area (Å²) in [4.78, 5) is 24.8. The summed E-state index contributed by atoms with van der Waals surface area (Å²) in [5, 5.41) is 5.48. The Hall–Kier alpha value is -2.24. The third-order valence-electron chi connectivity index (χ3n) is 2.74. The van der Waals surface area contributed by atoms with Gasteiger partial charge in [0.25, 0.3) is 0 Å². The first kappa shape index (κ1) is 12.2. The molecule has 0 aromatic heterocycles. The smallest absolute Gasteiger partial charge is 0.321 e. The molecule has 0 saturated carbocycles. The molecule has 0 atom stereocenters. The van der Waals surface area contributed by atoms with Gasteiger partial charge in [0.15, 0.2) is 0 Å². The molecule has 1 aliphatic rings. The summed E-state index contributed by atoms with van der Waals surface area (Å²) in [7, 11) is 0. The predicted octanol–water partition coefficient (Wildman–Crippen LogP) is 0.623. The summed E-state index contributed by atoms with van der Waals surface area (Å²) in [6, 6.07) is 6.79. The van der Waals surface area contributed by atoms with E-state index in [0.717, 1.165) is 0 Å². The van der Waals surface area contributed by atoms with Gasteiger partial charge >= 0.3 is 6.03 Å². The molecule has 6 nitrogen and oxygen atoms in total. The quantitative estimate of drug-likeness (QED) is 0.637. The van der Waals surface area contributed by atoms with Crippen molar-refractivity contribution >= 4 is 23.3 Å². The van der Waals surface area contributed by atoms with E-state index in [1.807, 2.05) is 0 Å². The van der Waals surface area contributed by atoms with Crippen LogP contribution < -0.4 is 16.4 Å². The highest BCUT2D eigenvalue weighted by Crippen LogP contribution is 2.12. The molecule has 18 heavy (non-hydrogen) atoms. The topological polar surface area (TPSA) is 87.5 Å². The molecular formula is C12H16N4O2. The van der Waals surface area contributed by atoms with E-state index in [0.29, 0.717) is 37.4 Å². The second-order valence-corrected chi connectivity index (χ2v) is 4.14. The zero-order chi connectivity index (χ0) is 13.0. The van der Waals surface area contributed by atoms with Crippen LogP contribution in [0.15, 0.2) is 24.3 Å². The number of nitrogens with two attached hydrogens (primary N) is 1. The zero-order valence-corrected chi connectivity index (χ0v) is 9.98. The maximum Gasteiger partial charge on any atom is 0.321 e. The third-order valence-corrected chi connectivity index (χ3v) is 2.74. The van der Waals surface area contributed by atoms with Crippen LogP contribution in [0.5, 0.6) is 0 Å². The van der Waals surface area contributed by atoms with Gasteiger partial charge < -0.3 is 21.3 Å². The van der Waals surface area contributed by atoms with Gasteiger partial charge in [0.05, 0.1) is 0 Å². The Kier molecular flexibility index (Phi) is 3.66. The van der Waals surface area contributed by atoms with Crippen LogP contribution >= 0.6 is 0 Å². The highest BCUT2D eigenvalue weighted by atomic mass is 16.2. The molecule has 0 spiro atoms. The van der Waals surface area contributed by atoms with Gasteiger partial charge in [0, 0.05) is 37.4 Å². The third kappa shape index (κ3) is 3.13. The Bertz CT molecular complexity index is 461. The zero-order valence-electron chi connectivity index (χ0n) is 9.98. The second kappa shape index (κ2) is 5.39. The standard InChI is InChI=1S/C12H16N4O2/c13-9-2-1-3-10(8-9)15-12(18)16-6-4-11(17)14-5-7-16/h1-3,8H,4-7,13H2,(H,14,17)(H,15,18). The van der Waals surface area contributed by atoms with E-state index in [4.69, 9.17) is 5.73 Å². The fraction of sp³-hybridized carbons (Fsp3) is 0.333. The number of nitrogen functional groups attached to an aromatic ring is 1. The van der Waals surface area contributed by atoms with E-state index in [1.165, 1.54) is 0 Å². The van der Waals surface area contributed by atoms with Gasteiger partial charge in [0.2, 0.25) is 5.91 Å². The van der Waals surface area contributed by atoms with Gasteiger partial charge in [-0.05, 0) is 18.2 Å². The molecule has 1 aliphatic heterocycles. The van der Waals surface area contributed by atoms with Crippen LogP contribution in [0.1, 0.15) is 6.42 Å². The van der Waals surface area contributed by atoms with E-state index >= 15 is 0 Å². The number of rotatable bonds is 1. The van der Waals surface area contributed by atoms with Gasteiger partial charge in [-0.2, -0.15) is 0 Å². The molecule has 6 heteroatoms. The SMILES string of the molecule is Nc1cccc(NC(=O)N2CCNC(=O)CC2)c1. The van der Waals surface area contributed by atoms with Crippen molar-refractivity contribution in [2.24, 2.45) is 0 Å². The van der Waals surface area contributed by atoms with Gasteiger partial charge in [-0.15, -0.1) is 0 Å². The van der Waals surface area contributed by atoms with Crippen molar-refractivity contribution < 1.29 is 9.59 Å². The fourth-order valence-corrected chi connectivity index (χ4v) is 1.79. The van der Waals surface area contributed by atoms with Crippen molar-refractivity contribution in [1.29, 1.82) is 0 Å². The van der Waals surface area contributed by atoms with Crippen molar-refractivity contribution in [3.05, 3.63) is 24.3 Å². The lowest BCUT2D eigenvalue weighted by Crippen LogP contribution is -2.37. The molecule has 0 bridgehead atoms. The van der Waals surface area contributed by atoms with Crippen LogP contribution in [-0.4, -0.2) is 36.5 Å². The van der Waals surface area contributed by atoms with Crippen molar-refractivity contribution in [1.82, 2.24) is 10.2 Å². The molecule has 0 radical (unpaired) electrons. The molecule has 0 aliphatic carbocycles. The molecule has 1 aromatic carbocycles. The molecule has 4 N–H and O–H groups in total. The van der Waals surface area contributed by atoms with Crippen LogP contribution in [0.4, 0.5) is 16.2 Å². The highest BCUT2D eigenvalue weighted by molar-refractivity contribution is 5.90. The van der Waals surface area contributed by atoms with Crippen molar-refractivity contribution in [2.45, 2.75) is 6.42 Å². The maximum absolute atomic E-state index is 12.0. The maximum atomic E-state index is 12.0. The van der Waals surface area contributed by atoms with Crippen LogP contribution in [0, 0.1) is 0 Å². The lowest BCUT2D eigenvalue weighted by molar-refractivity contribution is -0.120. The first-order valence-electron chi connectivity index (χ1n) is 5.83. The molecule has 96 valence electrons. The summed E-state index contributed by atoms with van der Waals surface area (Å²) >= 11 is 0. The van der Waals surface area contributed by atoms with Crippen LogP contribution in [-0.2, 0) is 4.79 Å². The van der Waals surface area contributed by atoms with E-state index in [9.17, 15) is 9.59 Å². The number of carbonyl (C=O) groups excluding carboxylic acids is 2. The largest absolute Gasteiger partial charge is 0.399 e. The number of amides is 3. The van der Waals surface area contributed by atoms with E-state index in [-0.39, 0.29) is 11.9 Å². The number of urea groups is 1. The first-order chi connectivity index (χ1) is 8.65. The average Bonchev–Trinajstić information content (AvgIpc) is 2.54. The summed E-state index contributed by atoms with van der Waals surface area (Å²) in [5.74, 6) is -0.0192. The Morgan fingerprint density at radius 3 is 3.00 bits per heavy atom. The van der Waals surface area contributed by atoms with E-state index < -0.39 is 0 Å². The Balaban J connectivity index is 1.97. The number of carbonyl (C=O) groups is 2. The molecule has 1 aromatic rings. The van der Waals surface area contributed by atoms with Crippen molar-refractivity contribution in [2.75, 3.05) is 30.7 Å². The molecule has 1 heterocycles. The number of nitrogens with one attached hydrogen (secondary N) is 2. The first-order valence-corrected chi connectivity index (χ1v) is 5.83. The summed E-state index contributed by atoms with van der Waals surface area (Å²) in [5.41, 5.74) is 6.89. The molecular weight excluding hydrogens is 232 g/mol. The fourth-order valence-electron chi connectivity index (χ4n) is 1.79. The predicted molar refractivity (Wildman–Crippen MR) is 69.1 cm³/mol. The van der Waals surface area contributed by atoms with Gasteiger partial charge in [0.1, 0.15) is 0 Å². The molecule has 2 rings (SSSR count).